The predicted molar refractivity (Wildman–Crippen MR) is 232 cm³/mol. The Balaban J connectivity index is 1.67. The number of ketones is 2. The number of nitrogens with zero attached hydrogens (tertiary/aromatic N) is 2. The molecule has 62 heavy (non-hydrogen) atoms. The van der Waals surface area contributed by atoms with Crippen molar-refractivity contribution in [2.45, 2.75) is 91.1 Å². The van der Waals surface area contributed by atoms with Gasteiger partial charge in [-0.05, 0) is 61.1 Å². The molecule has 0 saturated carbocycles. The topological polar surface area (TPSA) is 218 Å². The molecular formula is C45H59F2N5O9S. The molecule has 1 aromatic heterocycles. The van der Waals surface area contributed by atoms with Crippen molar-refractivity contribution in [3.05, 3.63) is 83.7 Å². The minimum Gasteiger partial charge on any atom is -0.481 e. The Labute approximate surface area is 365 Å². The average Bonchev–Trinajstić information content (AvgIpc) is 3.62. The van der Waals surface area contributed by atoms with E-state index < -0.39 is 52.8 Å². The van der Waals surface area contributed by atoms with Crippen LogP contribution in [-0.2, 0) is 40.1 Å². The molecule has 3 rings (SSSR count). The zero-order valence-electron chi connectivity index (χ0n) is 35.6. The second kappa shape index (κ2) is 25.5. The monoisotopic (exact) mass is 883 g/mol. The maximum Gasteiger partial charge on any atom is 0.303 e. The summed E-state index contributed by atoms with van der Waals surface area (Å²) in [7, 11) is 0. The minimum absolute atomic E-state index is 0.0167. The number of halogens is 2. The van der Waals surface area contributed by atoms with Gasteiger partial charge in [0.25, 0.3) is 0 Å². The molecule has 14 nitrogen and oxygen atoms in total. The van der Waals surface area contributed by atoms with Crippen molar-refractivity contribution in [2.24, 2.45) is 17.1 Å². The van der Waals surface area contributed by atoms with Gasteiger partial charge >= 0.3 is 11.9 Å². The summed E-state index contributed by atoms with van der Waals surface area (Å²) in [6, 6.07) is 14.2. The molecule has 0 fully saturated rings. The lowest BCUT2D eigenvalue weighted by Crippen LogP contribution is -2.44. The van der Waals surface area contributed by atoms with Gasteiger partial charge in [0.15, 0.2) is 5.78 Å². The van der Waals surface area contributed by atoms with E-state index in [1.54, 1.807) is 17.2 Å². The van der Waals surface area contributed by atoms with E-state index in [0.717, 1.165) is 29.5 Å². The highest BCUT2D eigenvalue weighted by atomic mass is 32.2. The minimum atomic E-state index is -1.13. The molecule has 3 aromatic rings. The second-order valence-electron chi connectivity index (χ2n) is 16.2. The first-order valence-corrected chi connectivity index (χ1v) is 21.8. The molecule has 2 unspecified atom stereocenters. The smallest absolute Gasteiger partial charge is 0.303 e. The largest absolute Gasteiger partial charge is 0.481 e. The number of hydrogen-bond donors (Lipinski definition) is 5. The summed E-state index contributed by atoms with van der Waals surface area (Å²) < 4.78 is 31.5. The van der Waals surface area contributed by atoms with E-state index in [2.05, 4.69) is 10.6 Å². The molecule has 2 aromatic carbocycles. The average molecular weight is 884 g/mol. The normalized spacial score (nSPS) is 12.3. The Kier molecular flexibility index (Phi) is 20.9. The third-order valence-electron chi connectivity index (χ3n) is 9.98. The number of rotatable bonds is 28. The zero-order valence-corrected chi connectivity index (χ0v) is 36.4. The molecule has 0 radical (unpaired) electrons. The summed E-state index contributed by atoms with van der Waals surface area (Å²) in [5, 5.41) is 22.9. The number of carboxylic acid groups (broad SMARTS) is 2. The summed E-state index contributed by atoms with van der Waals surface area (Å²) in [6.07, 6.45) is 1.30. The van der Waals surface area contributed by atoms with Crippen molar-refractivity contribution in [2.75, 3.05) is 37.7 Å². The molecule has 6 N–H and O–H groups in total. The van der Waals surface area contributed by atoms with Crippen molar-refractivity contribution in [1.29, 1.82) is 0 Å². The number of hydrogen-bond acceptors (Lipinski definition) is 9. The summed E-state index contributed by atoms with van der Waals surface area (Å²) in [5.74, 6) is -5.99. The van der Waals surface area contributed by atoms with Crippen LogP contribution in [0.2, 0.25) is 0 Å². The Morgan fingerprint density at radius 1 is 0.855 bits per heavy atom. The molecule has 0 bridgehead atoms. The first-order chi connectivity index (χ1) is 29.4. The molecule has 17 heteroatoms. The Hall–Kier alpha value is -5.42. The van der Waals surface area contributed by atoms with Gasteiger partial charge in [-0.3, -0.25) is 33.6 Å². The predicted octanol–water partition coefficient (Wildman–Crippen LogP) is 5.76. The van der Waals surface area contributed by atoms with Crippen LogP contribution in [0.3, 0.4) is 0 Å². The van der Waals surface area contributed by atoms with Crippen LogP contribution in [0, 0.1) is 23.0 Å². The maximum atomic E-state index is 15.1. The van der Waals surface area contributed by atoms with E-state index in [0.29, 0.717) is 31.6 Å². The van der Waals surface area contributed by atoms with Crippen molar-refractivity contribution in [3.8, 4) is 11.1 Å². The fraction of sp³-hybridized carbons (Fsp3) is 0.489. The number of Topliss-reactive ketones (excluding diaryl/α,β-unsaturated/α-hetero) is 2. The van der Waals surface area contributed by atoms with Gasteiger partial charge in [0.1, 0.15) is 17.4 Å². The van der Waals surface area contributed by atoms with Crippen LogP contribution in [0.5, 0.6) is 0 Å². The fourth-order valence-corrected chi connectivity index (χ4v) is 7.79. The van der Waals surface area contributed by atoms with Crippen LogP contribution < -0.4 is 16.4 Å². The van der Waals surface area contributed by atoms with E-state index in [9.17, 15) is 43.1 Å². The van der Waals surface area contributed by atoms with Gasteiger partial charge in [0.05, 0.1) is 24.8 Å². The van der Waals surface area contributed by atoms with Gasteiger partial charge in [-0.15, -0.1) is 0 Å². The van der Waals surface area contributed by atoms with Crippen molar-refractivity contribution in [1.82, 2.24) is 20.1 Å². The Morgan fingerprint density at radius 2 is 1.56 bits per heavy atom. The van der Waals surface area contributed by atoms with Gasteiger partial charge in [-0.2, -0.15) is 11.8 Å². The lowest BCUT2D eigenvalue weighted by Gasteiger charge is -2.41. The van der Waals surface area contributed by atoms with Crippen LogP contribution in [0.4, 0.5) is 8.78 Å². The van der Waals surface area contributed by atoms with E-state index in [4.69, 9.17) is 10.8 Å². The number of aromatic nitrogens is 1. The van der Waals surface area contributed by atoms with Crippen LogP contribution in [0.25, 0.3) is 11.1 Å². The van der Waals surface area contributed by atoms with Gasteiger partial charge in [-0.1, -0.05) is 51.1 Å². The van der Waals surface area contributed by atoms with Gasteiger partial charge in [-0.25, -0.2) is 8.78 Å². The highest BCUT2D eigenvalue weighted by Gasteiger charge is 2.37. The number of benzene rings is 2. The number of thioether (sulfide) groups is 1. The van der Waals surface area contributed by atoms with E-state index in [1.165, 1.54) is 11.8 Å². The lowest BCUT2D eigenvalue weighted by molar-refractivity contribution is -0.139. The molecule has 0 aliphatic carbocycles. The van der Waals surface area contributed by atoms with Crippen LogP contribution in [0.1, 0.15) is 95.9 Å². The third kappa shape index (κ3) is 17.5. The number of nitrogens with one attached hydrogen (secondary N) is 2. The number of amides is 3. The second-order valence-corrected chi connectivity index (χ2v) is 17.3. The number of carboxylic acids is 2. The van der Waals surface area contributed by atoms with Gasteiger partial charge in [0.2, 0.25) is 17.7 Å². The molecular weight excluding hydrogens is 825 g/mol. The van der Waals surface area contributed by atoms with E-state index in [-0.39, 0.29) is 99.0 Å². The number of nitrogens with two attached hydrogens (primary N) is 1. The highest BCUT2D eigenvalue weighted by Crippen LogP contribution is 2.41. The van der Waals surface area contributed by atoms with Crippen molar-refractivity contribution in [3.63, 3.8) is 0 Å². The van der Waals surface area contributed by atoms with Gasteiger partial charge in [0, 0.05) is 86.4 Å². The summed E-state index contributed by atoms with van der Waals surface area (Å²) in [6.45, 7) is 6.84. The molecule has 0 aliphatic rings. The SMILES string of the molecule is CC(C)(C)C(c1cc(-c2cc(F)ccc2F)cn1Cc1ccccc1)N(CCCN)C(=O)CSCCC(=O)CC(CCC(=O)O)C(=O)NCCCC(=O)CNC(=O)CCC(=O)O. The molecule has 0 saturated heterocycles. The summed E-state index contributed by atoms with van der Waals surface area (Å²) in [4.78, 5) is 87.8. The number of carbonyl (C=O) groups excluding carboxylic acids is 5. The molecule has 0 spiro atoms. The van der Waals surface area contributed by atoms with Crippen molar-refractivity contribution >= 4 is 53.0 Å². The Morgan fingerprint density at radius 3 is 2.23 bits per heavy atom. The zero-order chi connectivity index (χ0) is 45.8. The van der Waals surface area contributed by atoms with Crippen LogP contribution in [0.15, 0.2) is 60.8 Å². The first kappa shape index (κ1) is 50.9. The van der Waals surface area contributed by atoms with E-state index in [1.807, 2.05) is 55.7 Å². The quantitative estimate of drug-likeness (QED) is 0.0553. The molecule has 2 atom stereocenters. The van der Waals surface area contributed by atoms with Crippen molar-refractivity contribution < 1.29 is 52.6 Å². The summed E-state index contributed by atoms with van der Waals surface area (Å²) in [5.41, 5.74) is 7.64. The fourth-order valence-electron chi connectivity index (χ4n) is 6.94. The summed E-state index contributed by atoms with van der Waals surface area (Å²) >= 11 is 1.25. The Bertz CT molecular complexity index is 2000. The number of carbonyl (C=O) groups is 7. The standard InChI is InChI=1S/C45H59F2N5O9S/c1-45(2,3)43(38-24-32(36-25-33(46)13-14-37(36)47)28-51(38)27-30-9-5-4-6-10-30)52(21-8-19-48)40(56)29-62-22-18-34(53)23-31(12-16-41(57)58)44(61)49-20-7-11-35(54)26-50-39(55)15-17-42(59)60/h4-6,9-10,13-14,24-25,28,31,43H,7-8,11-12,15-23,26-27,29,48H2,1-3H3,(H,49,61)(H,50,55)(H,57,58)(H,59,60). The molecule has 338 valence electrons. The van der Waals surface area contributed by atoms with Crippen LogP contribution >= 0.6 is 11.8 Å². The van der Waals surface area contributed by atoms with Crippen LogP contribution in [-0.4, -0.2) is 98.6 Å². The first-order valence-electron chi connectivity index (χ1n) is 20.7. The number of aliphatic carboxylic acids is 2. The molecule has 3 amide bonds. The van der Waals surface area contributed by atoms with E-state index >= 15 is 4.39 Å². The molecule has 0 aliphatic heterocycles. The van der Waals surface area contributed by atoms with Gasteiger partial charge < -0.3 is 36.0 Å². The maximum absolute atomic E-state index is 15.1. The third-order valence-corrected chi connectivity index (χ3v) is 10.9. The highest BCUT2D eigenvalue weighted by molar-refractivity contribution is 7.99. The molecule has 1 heterocycles. The lowest BCUT2D eigenvalue weighted by atomic mass is 9.83.